The second-order valence-corrected chi connectivity index (χ2v) is 9.51. The van der Waals surface area contributed by atoms with Crippen LogP contribution >= 0.6 is 0 Å². The minimum absolute atomic E-state index is 0.250. The van der Waals surface area contributed by atoms with E-state index in [1.165, 1.54) is 0 Å². The van der Waals surface area contributed by atoms with Gasteiger partial charge in [-0.25, -0.2) is 0 Å². The van der Waals surface area contributed by atoms with Crippen LogP contribution in [0.1, 0.15) is 60.3 Å². The van der Waals surface area contributed by atoms with Gasteiger partial charge < -0.3 is 5.11 Å². The van der Waals surface area contributed by atoms with Gasteiger partial charge in [0.1, 0.15) is 0 Å². The van der Waals surface area contributed by atoms with Crippen LogP contribution in [-0.4, -0.2) is 38.1 Å². The van der Waals surface area contributed by atoms with Crippen molar-refractivity contribution in [3.05, 3.63) is 0 Å². The number of aliphatic hydroxyl groups excluding tert-OH is 1. The van der Waals surface area contributed by atoms with Crippen LogP contribution in [0.25, 0.3) is 0 Å². The van der Waals surface area contributed by atoms with Gasteiger partial charge in [-0.1, -0.05) is 0 Å². The van der Waals surface area contributed by atoms with Crippen LogP contribution in [0.5, 0.6) is 0 Å². The Morgan fingerprint density at radius 2 is 0.800 bits per heavy atom. The first-order valence-corrected chi connectivity index (χ1v) is 11.8. The number of hydrogen-bond donors (Lipinski definition) is 1. The van der Waals surface area contributed by atoms with Gasteiger partial charge in [0.15, 0.2) is 0 Å². The molecule has 6 heteroatoms. The summed E-state index contributed by atoms with van der Waals surface area (Å²) in [7, 11) is 0. The molecule has 0 aliphatic rings. The Bertz CT molecular complexity index is 143. The molecule has 0 bridgehead atoms. The van der Waals surface area contributed by atoms with Crippen LogP contribution < -0.4 is 0 Å². The zero-order chi connectivity index (χ0) is 15.7. The Balaban J connectivity index is 0. The summed E-state index contributed by atoms with van der Waals surface area (Å²) in [5.41, 5.74) is 0. The topological polar surface area (TPSA) is 57.2 Å². The molecule has 0 aliphatic carbocycles. The molecule has 20 heavy (non-hydrogen) atoms. The van der Waals surface area contributed by atoms with Crippen LogP contribution in [-0.2, 0) is 33.3 Å². The monoisotopic (exact) mass is 372 g/mol. The molecule has 5 nitrogen and oxygen atoms in total. The summed E-state index contributed by atoms with van der Waals surface area (Å²) in [5.74, 6) is 0. The Morgan fingerprint density at radius 1 is 0.600 bits per heavy atom. The van der Waals surface area contributed by atoms with Crippen molar-refractivity contribution >= 4 is 0 Å². The molecular formula is C14H34O5Zr. The molecular weight excluding hydrogens is 339 g/mol. The maximum atomic E-state index is 7.57. The molecule has 1 N–H and O–H groups in total. The third kappa shape index (κ3) is 13.7. The molecule has 0 atom stereocenters. The molecule has 0 unspecified atom stereocenters. The largest absolute Gasteiger partial charge is 0.397 e. The zero-order valence-electron chi connectivity index (χ0n) is 13.9. The number of rotatable bonds is 12. The predicted octanol–water partition coefficient (Wildman–Crippen LogP) is 3.51. The van der Waals surface area contributed by atoms with Gasteiger partial charge in [-0.2, -0.15) is 0 Å². The summed E-state index contributed by atoms with van der Waals surface area (Å²) in [6.07, 6.45) is 3.83. The summed E-state index contributed by atoms with van der Waals surface area (Å²) >= 11 is -3.69. The molecule has 0 fully saturated rings. The number of hydrogen-bond acceptors (Lipinski definition) is 5. The first-order chi connectivity index (χ1) is 9.66. The van der Waals surface area contributed by atoms with Crippen molar-refractivity contribution in [2.75, 3.05) is 33.0 Å². The molecule has 0 amide bonds. The predicted molar refractivity (Wildman–Crippen MR) is 77.7 cm³/mol. The van der Waals surface area contributed by atoms with E-state index < -0.39 is 22.0 Å². The second-order valence-electron chi connectivity index (χ2n) is 4.21. The van der Waals surface area contributed by atoms with E-state index in [0.29, 0.717) is 26.4 Å². The summed E-state index contributed by atoms with van der Waals surface area (Å²) in [6.45, 7) is 12.9. The van der Waals surface area contributed by atoms with Crippen LogP contribution in [0, 0.1) is 0 Å². The van der Waals surface area contributed by atoms with Gasteiger partial charge in [0.2, 0.25) is 0 Å². The van der Waals surface area contributed by atoms with Crippen molar-refractivity contribution in [3.63, 3.8) is 0 Å². The van der Waals surface area contributed by atoms with Crippen LogP contribution in [0.4, 0.5) is 0 Å². The Morgan fingerprint density at radius 3 is 0.950 bits per heavy atom. The maximum Gasteiger partial charge on any atom is 0.0402 e. The normalized spacial score (nSPS) is 11.1. The second kappa shape index (κ2) is 17.7. The zero-order valence-corrected chi connectivity index (χ0v) is 16.4. The fourth-order valence-corrected chi connectivity index (χ4v) is 6.85. The van der Waals surface area contributed by atoms with Crippen molar-refractivity contribution in [3.8, 4) is 0 Å². The van der Waals surface area contributed by atoms with Gasteiger partial charge in [0.05, 0.1) is 0 Å². The third-order valence-electron chi connectivity index (χ3n) is 1.93. The minimum atomic E-state index is -3.69. The minimum Gasteiger partial charge on any atom is -0.397 e. The van der Waals surface area contributed by atoms with Gasteiger partial charge in [-0.15, -0.1) is 0 Å². The van der Waals surface area contributed by atoms with E-state index in [9.17, 15) is 0 Å². The van der Waals surface area contributed by atoms with Crippen molar-refractivity contribution in [2.24, 2.45) is 0 Å². The maximum absolute atomic E-state index is 7.57. The fourth-order valence-electron chi connectivity index (χ4n) is 1.16. The van der Waals surface area contributed by atoms with Gasteiger partial charge in [-0.3, -0.25) is 0 Å². The quantitative estimate of drug-likeness (QED) is 0.567. The summed E-state index contributed by atoms with van der Waals surface area (Å²) < 4.78 is 23.3. The third-order valence-corrected chi connectivity index (χ3v) is 7.42. The fraction of sp³-hybridized carbons (Fsp3) is 1.00. The van der Waals surface area contributed by atoms with Crippen molar-refractivity contribution in [1.29, 1.82) is 0 Å². The molecule has 0 aromatic rings. The van der Waals surface area contributed by atoms with Gasteiger partial charge in [0, 0.05) is 6.61 Å². The van der Waals surface area contributed by atoms with Crippen LogP contribution in [0.2, 0.25) is 0 Å². The standard InChI is InChI=1S/4C3H7O.C2H6O.Zr/c4*1-2-3-4;1-2-3;/h4*2-3H2,1H3;3H,2H2,1H3;/q4*-1;;+4. The molecule has 0 aromatic carbocycles. The molecule has 0 spiro atoms. The first kappa shape index (κ1) is 23.0. The molecule has 0 rings (SSSR count). The van der Waals surface area contributed by atoms with E-state index in [2.05, 4.69) is 27.7 Å². The Labute approximate surface area is 131 Å². The van der Waals surface area contributed by atoms with Crippen LogP contribution in [0.15, 0.2) is 0 Å². The number of aliphatic hydroxyl groups is 1. The molecule has 0 aromatic heterocycles. The SMILES string of the molecule is CCC[O][Zr]([O]CCC)([O]CCC)[O]CCC.CCO. The van der Waals surface area contributed by atoms with Gasteiger partial charge in [0.25, 0.3) is 0 Å². The Hall–Kier alpha value is 0.683. The molecule has 0 heterocycles. The van der Waals surface area contributed by atoms with Crippen LogP contribution in [0.3, 0.4) is 0 Å². The van der Waals surface area contributed by atoms with Gasteiger partial charge in [-0.05, 0) is 6.92 Å². The summed E-state index contributed by atoms with van der Waals surface area (Å²) in [5, 5.41) is 7.57. The van der Waals surface area contributed by atoms with E-state index in [-0.39, 0.29) is 6.61 Å². The summed E-state index contributed by atoms with van der Waals surface area (Å²) in [4.78, 5) is 0. The van der Waals surface area contributed by atoms with E-state index in [1.54, 1.807) is 6.92 Å². The van der Waals surface area contributed by atoms with E-state index in [4.69, 9.17) is 16.4 Å². The molecule has 0 saturated heterocycles. The molecule has 0 saturated carbocycles. The molecule has 0 aliphatic heterocycles. The van der Waals surface area contributed by atoms with Crippen molar-refractivity contribution in [1.82, 2.24) is 0 Å². The van der Waals surface area contributed by atoms with E-state index in [1.807, 2.05) is 0 Å². The smallest absolute Gasteiger partial charge is 0.0402 e. The van der Waals surface area contributed by atoms with Crippen molar-refractivity contribution in [2.45, 2.75) is 60.3 Å². The van der Waals surface area contributed by atoms with Gasteiger partial charge >= 0.3 is 113 Å². The first-order valence-electron chi connectivity index (χ1n) is 7.82. The Kier molecular flexibility index (Phi) is 20.4. The molecule has 0 radical (unpaired) electrons. The molecule has 124 valence electrons. The average molecular weight is 374 g/mol. The van der Waals surface area contributed by atoms with Crippen molar-refractivity contribution < 1.29 is 38.4 Å². The van der Waals surface area contributed by atoms with E-state index >= 15 is 0 Å². The summed E-state index contributed by atoms with van der Waals surface area (Å²) in [6, 6.07) is 0. The average Bonchev–Trinajstić information content (AvgIpc) is 2.46. The van der Waals surface area contributed by atoms with E-state index in [0.717, 1.165) is 25.7 Å².